The Morgan fingerprint density at radius 1 is 1.09 bits per heavy atom. The molecular weight excluding hydrogens is 414 g/mol. The SMILES string of the molecule is CCOC(=O)CC(c1ccccc1)c1c[nH]c2ccc(OCCc3cccc(NC)n3)cc12. The van der Waals surface area contributed by atoms with Gasteiger partial charge in [-0.15, -0.1) is 0 Å². The zero-order valence-electron chi connectivity index (χ0n) is 19.0. The largest absolute Gasteiger partial charge is 0.493 e. The molecule has 6 nitrogen and oxygen atoms in total. The first-order valence-electron chi connectivity index (χ1n) is 11.3. The summed E-state index contributed by atoms with van der Waals surface area (Å²) in [6, 6.07) is 22.0. The molecule has 0 fully saturated rings. The number of fused-ring (bicyclic) bond motifs is 1. The average molecular weight is 444 g/mol. The minimum Gasteiger partial charge on any atom is -0.493 e. The van der Waals surface area contributed by atoms with Crippen molar-refractivity contribution in [2.24, 2.45) is 0 Å². The first-order chi connectivity index (χ1) is 16.2. The Labute approximate surface area is 194 Å². The molecular formula is C27H29N3O3. The summed E-state index contributed by atoms with van der Waals surface area (Å²) in [5.41, 5.74) is 4.11. The predicted octanol–water partition coefficient (Wildman–Crippen LogP) is 5.31. The number of ether oxygens (including phenoxy) is 2. The van der Waals surface area contributed by atoms with Crippen molar-refractivity contribution >= 4 is 22.7 Å². The molecule has 0 aliphatic carbocycles. The molecule has 0 saturated carbocycles. The van der Waals surface area contributed by atoms with E-state index in [1.165, 1.54) is 0 Å². The molecule has 6 heteroatoms. The zero-order valence-corrected chi connectivity index (χ0v) is 19.0. The molecule has 33 heavy (non-hydrogen) atoms. The lowest BCUT2D eigenvalue weighted by atomic mass is 9.88. The fourth-order valence-corrected chi connectivity index (χ4v) is 4.01. The molecule has 0 spiro atoms. The Balaban J connectivity index is 1.56. The van der Waals surface area contributed by atoms with Crippen LogP contribution in [0.15, 0.2) is 72.9 Å². The number of carbonyl (C=O) groups is 1. The fraction of sp³-hybridized carbons (Fsp3) is 0.259. The molecule has 4 rings (SSSR count). The molecule has 2 N–H and O–H groups in total. The highest BCUT2D eigenvalue weighted by atomic mass is 16.5. The molecule has 0 radical (unpaired) electrons. The van der Waals surface area contributed by atoms with Crippen molar-refractivity contribution in [1.82, 2.24) is 9.97 Å². The van der Waals surface area contributed by atoms with E-state index in [1.807, 2.05) is 74.8 Å². The second-order valence-corrected chi connectivity index (χ2v) is 7.79. The van der Waals surface area contributed by atoms with Crippen LogP contribution in [0.1, 0.15) is 36.1 Å². The van der Waals surface area contributed by atoms with Crippen LogP contribution in [0.3, 0.4) is 0 Å². The number of H-pyrrole nitrogens is 1. The molecule has 0 bridgehead atoms. The van der Waals surface area contributed by atoms with E-state index in [2.05, 4.69) is 27.4 Å². The quantitative estimate of drug-likeness (QED) is 0.325. The van der Waals surface area contributed by atoms with Gasteiger partial charge >= 0.3 is 5.97 Å². The van der Waals surface area contributed by atoms with E-state index in [9.17, 15) is 4.79 Å². The van der Waals surface area contributed by atoms with Gasteiger partial charge in [0.1, 0.15) is 11.6 Å². The van der Waals surface area contributed by atoms with E-state index < -0.39 is 0 Å². The standard InChI is InChI=1S/C27H29N3O3/c1-3-32-27(31)17-22(19-8-5-4-6-9-19)24-18-29-25-13-12-21(16-23(24)25)33-15-14-20-10-7-11-26(28-2)30-20/h4-13,16,18,22,29H,3,14-15,17H2,1-2H3,(H,28,30). The molecule has 0 saturated heterocycles. The van der Waals surface area contributed by atoms with Crippen LogP contribution in [-0.4, -0.2) is 36.2 Å². The minimum atomic E-state index is -0.204. The molecule has 0 amide bonds. The number of nitrogens with one attached hydrogen (secondary N) is 2. The number of anilines is 1. The van der Waals surface area contributed by atoms with Crippen LogP contribution in [0, 0.1) is 0 Å². The van der Waals surface area contributed by atoms with E-state index in [4.69, 9.17) is 9.47 Å². The summed E-state index contributed by atoms with van der Waals surface area (Å²) >= 11 is 0. The van der Waals surface area contributed by atoms with Gasteiger partial charge in [-0.25, -0.2) is 4.98 Å². The van der Waals surface area contributed by atoms with Crippen molar-refractivity contribution in [2.75, 3.05) is 25.6 Å². The van der Waals surface area contributed by atoms with Gasteiger partial charge in [0, 0.05) is 42.2 Å². The van der Waals surface area contributed by atoms with E-state index in [-0.39, 0.29) is 18.3 Å². The van der Waals surface area contributed by atoms with Gasteiger partial charge in [-0.3, -0.25) is 4.79 Å². The van der Waals surface area contributed by atoms with Gasteiger partial charge in [-0.2, -0.15) is 0 Å². The third kappa shape index (κ3) is 5.52. The van der Waals surface area contributed by atoms with E-state index in [0.717, 1.165) is 39.3 Å². The zero-order chi connectivity index (χ0) is 23.0. The maximum atomic E-state index is 12.4. The molecule has 1 unspecified atom stereocenters. The highest BCUT2D eigenvalue weighted by molar-refractivity contribution is 5.86. The van der Waals surface area contributed by atoms with Crippen LogP contribution in [0.4, 0.5) is 5.82 Å². The van der Waals surface area contributed by atoms with Gasteiger partial charge in [-0.05, 0) is 48.4 Å². The minimum absolute atomic E-state index is 0.109. The Hall–Kier alpha value is -3.80. The number of rotatable bonds is 10. The first kappa shape index (κ1) is 22.4. The number of aromatic nitrogens is 2. The van der Waals surface area contributed by atoms with Gasteiger partial charge in [0.05, 0.1) is 19.6 Å². The van der Waals surface area contributed by atoms with E-state index in [0.29, 0.717) is 19.6 Å². The van der Waals surface area contributed by atoms with Gasteiger partial charge in [0.25, 0.3) is 0 Å². The number of aromatic amines is 1. The molecule has 0 aliphatic rings. The number of hydrogen-bond acceptors (Lipinski definition) is 5. The summed E-state index contributed by atoms with van der Waals surface area (Å²) in [5.74, 6) is 1.32. The molecule has 2 heterocycles. The third-order valence-electron chi connectivity index (χ3n) is 5.63. The summed E-state index contributed by atoms with van der Waals surface area (Å²) in [6.45, 7) is 2.73. The molecule has 1 atom stereocenters. The van der Waals surface area contributed by atoms with Gasteiger partial charge < -0.3 is 19.8 Å². The van der Waals surface area contributed by atoms with Gasteiger partial charge in [0.15, 0.2) is 0 Å². The molecule has 0 aliphatic heterocycles. The second kappa shape index (κ2) is 10.7. The van der Waals surface area contributed by atoms with E-state index in [1.54, 1.807) is 0 Å². The van der Waals surface area contributed by atoms with Crippen molar-refractivity contribution in [1.29, 1.82) is 0 Å². The van der Waals surface area contributed by atoms with E-state index >= 15 is 0 Å². The van der Waals surface area contributed by atoms with Crippen LogP contribution >= 0.6 is 0 Å². The lowest BCUT2D eigenvalue weighted by Gasteiger charge is -2.17. The second-order valence-electron chi connectivity index (χ2n) is 7.79. The summed E-state index contributed by atoms with van der Waals surface area (Å²) in [5, 5.41) is 4.10. The summed E-state index contributed by atoms with van der Waals surface area (Å²) in [7, 11) is 1.86. The number of hydrogen-bond donors (Lipinski definition) is 2. The fourth-order valence-electron chi connectivity index (χ4n) is 4.01. The lowest BCUT2D eigenvalue weighted by Crippen LogP contribution is -2.11. The van der Waals surface area contributed by atoms with Crippen LogP contribution < -0.4 is 10.1 Å². The number of pyridine rings is 1. The highest BCUT2D eigenvalue weighted by Crippen LogP contribution is 2.35. The van der Waals surface area contributed by atoms with Crippen LogP contribution in [0.2, 0.25) is 0 Å². The van der Waals surface area contributed by atoms with Crippen molar-refractivity contribution in [3.8, 4) is 5.75 Å². The molecule has 2 aromatic carbocycles. The number of esters is 1. The molecule has 4 aromatic rings. The normalized spacial score (nSPS) is 11.8. The van der Waals surface area contributed by atoms with Crippen molar-refractivity contribution in [2.45, 2.75) is 25.7 Å². The number of benzene rings is 2. The first-order valence-corrected chi connectivity index (χ1v) is 11.3. The average Bonchev–Trinajstić information content (AvgIpc) is 3.26. The van der Waals surface area contributed by atoms with Crippen molar-refractivity contribution in [3.05, 3.63) is 89.7 Å². The topological polar surface area (TPSA) is 76.2 Å². The maximum Gasteiger partial charge on any atom is 0.306 e. The summed E-state index contributed by atoms with van der Waals surface area (Å²) in [6.07, 6.45) is 2.98. The van der Waals surface area contributed by atoms with Gasteiger partial charge in [-0.1, -0.05) is 36.4 Å². The summed E-state index contributed by atoms with van der Waals surface area (Å²) in [4.78, 5) is 20.3. The predicted molar refractivity (Wildman–Crippen MR) is 131 cm³/mol. The molecule has 2 aromatic heterocycles. The monoisotopic (exact) mass is 443 g/mol. The highest BCUT2D eigenvalue weighted by Gasteiger charge is 2.22. The van der Waals surface area contributed by atoms with Crippen molar-refractivity contribution < 1.29 is 14.3 Å². The number of carbonyl (C=O) groups excluding carboxylic acids is 1. The Kier molecular flexibility index (Phi) is 7.25. The number of nitrogens with zero attached hydrogens (tertiary/aromatic N) is 1. The maximum absolute atomic E-state index is 12.4. The third-order valence-corrected chi connectivity index (χ3v) is 5.63. The van der Waals surface area contributed by atoms with Crippen molar-refractivity contribution in [3.63, 3.8) is 0 Å². The lowest BCUT2D eigenvalue weighted by molar-refractivity contribution is -0.143. The van der Waals surface area contributed by atoms with Crippen LogP contribution in [0.5, 0.6) is 5.75 Å². The smallest absolute Gasteiger partial charge is 0.306 e. The Morgan fingerprint density at radius 3 is 2.73 bits per heavy atom. The van der Waals surface area contributed by atoms with Crippen LogP contribution in [0.25, 0.3) is 10.9 Å². The molecule has 170 valence electrons. The summed E-state index contributed by atoms with van der Waals surface area (Å²) < 4.78 is 11.3. The Bertz CT molecular complexity index is 1200. The van der Waals surface area contributed by atoms with Crippen LogP contribution in [-0.2, 0) is 16.0 Å². The Morgan fingerprint density at radius 2 is 1.94 bits per heavy atom. The van der Waals surface area contributed by atoms with Gasteiger partial charge in [0.2, 0.25) is 0 Å².